The van der Waals surface area contributed by atoms with E-state index in [2.05, 4.69) is 21.0 Å². The zero-order valence-corrected chi connectivity index (χ0v) is 14.7. The van der Waals surface area contributed by atoms with E-state index in [9.17, 15) is 14.0 Å². The van der Waals surface area contributed by atoms with Crippen molar-refractivity contribution in [3.63, 3.8) is 0 Å². The third kappa shape index (κ3) is 4.57. The van der Waals surface area contributed by atoms with Crippen LogP contribution in [0.25, 0.3) is 11.4 Å². The number of hydrazine groups is 1. The molecule has 3 aromatic rings. The van der Waals surface area contributed by atoms with Gasteiger partial charge < -0.3 is 8.94 Å². The van der Waals surface area contributed by atoms with Crippen molar-refractivity contribution in [1.29, 1.82) is 0 Å². The van der Waals surface area contributed by atoms with Crippen molar-refractivity contribution >= 4 is 11.8 Å². The molecule has 0 saturated heterocycles. The Balaban J connectivity index is 1.49. The first-order chi connectivity index (χ1) is 12.9. The predicted molar refractivity (Wildman–Crippen MR) is 91.8 cm³/mol. The predicted octanol–water partition coefficient (Wildman–Crippen LogP) is 2.48. The largest absolute Gasteiger partial charge is 0.466 e. The standard InChI is InChI=1S/C18H17FN4O4/c1-10-9-14(11(2)26-10)18(25)22-21-15(24)7-8-16-20-17(23-27-16)12-3-5-13(19)6-4-12/h3-6,9H,7-8H2,1-2H3,(H,21,24)(H,22,25). The molecule has 0 unspecified atom stereocenters. The van der Waals surface area contributed by atoms with Gasteiger partial charge >= 0.3 is 0 Å². The molecular weight excluding hydrogens is 355 g/mol. The van der Waals surface area contributed by atoms with Crippen LogP contribution in [0.15, 0.2) is 39.3 Å². The lowest BCUT2D eigenvalue weighted by Gasteiger charge is -2.05. The molecule has 2 amide bonds. The number of carbonyl (C=O) groups is 2. The van der Waals surface area contributed by atoms with Gasteiger partial charge in [-0.3, -0.25) is 20.4 Å². The van der Waals surface area contributed by atoms with Gasteiger partial charge in [-0.25, -0.2) is 4.39 Å². The summed E-state index contributed by atoms with van der Waals surface area (Å²) in [5.74, 6) is 0.413. The molecule has 2 N–H and O–H groups in total. The van der Waals surface area contributed by atoms with Crippen molar-refractivity contribution in [2.45, 2.75) is 26.7 Å². The Morgan fingerprint density at radius 2 is 1.89 bits per heavy atom. The van der Waals surface area contributed by atoms with Gasteiger partial charge in [0, 0.05) is 18.4 Å². The number of nitrogens with zero attached hydrogens (tertiary/aromatic N) is 2. The highest BCUT2D eigenvalue weighted by Crippen LogP contribution is 2.16. The summed E-state index contributed by atoms with van der Waals surface area (Å²) in [5, 5.41) is 3.80. The highest BCUT2D eigenvalue weighted by atomic mass is 19.1. The fourth-order valence-electron chi connectivity index (χ4n) is 2.41. The normalized spacial score (nSPS) is 10.6. The van der Waals surface area contributed by atoms with Crippen molar-refractivity contribution in [3.8, 4) is 11.4 Å². The SMILES string of the molecule is Cc1cc(C(=O)NNC(=O)CCc2nc(-c3ccc(F)cc3)no2)c(C)o1. The van der Waals surface area contributed by atoms with Crippen LogP contribution in [0.5, 0.6) is 0 Å². The first-order valence-corrected chi connectivity index (χ1v) is 8.17. The Labute approximate surface area is 153 Å². The number of benzene rings is 1. The maximum absolute atomic E-state index is 12.9. The van der Waals surface area contributed by atoms with Crippen LogP contribution < -0.4 is 10.9 Å². The molecule has 9 heteroatoms. The number of furan rings is 1. The van der Waals surface area contributed by atoms with E-state index in [1.807, 2.05) is 0 Å². The smallest absolute Gasteiger partial charge is 0.273 e. The van der Waals surface area contributed by atoms with Gasteiger partial charge in [0.05, 0.1) is 5.56 Å². The van der Waals surface area contributed by atoms with E-state index in [0.717, 1.165) is 0 Å². The minimum atomic E-state index is -0.464. The van der Waals surface area contributed by atoms with Crippen LogP contribution in [0.2, 0.25) is 0 Å². The molecule has 0 fully saturated rings. The average Bonchev–Trinajstić information content (AvgIpc) is 3.24. The van der Waals surface area contributed by atoms with E-state index >= 15 is 0 Å². The third-order valence-electron chi connectivity index (χ3n) is 3.74. The summed E-state index contributed by atoms with van der Waals surface area (Å²) in [6, 6.07) is 7.25. The summed E-state index contributed by atoms with van der Waals surface area (Å²) >= 11 is 0. The number of aromatic nitrogens is 2. The number of amides is 2. The van der Waals surface area contributed by atoms with Crippen molar-refractivity contribution in [2.24, 2.45) is 0 Å². The fraction of sp³-hybridized carbons (Fsp3) is 0.222. The molecule has 0 atom stereocenters. The molecule has 0 aliphatic rings. The molecule has 3 rings (SSSR count). The molecule has 2 heterocycles. The average molecular weight is 372 g/mol. The number of aryl methyl sites for hydroxylation is 3. The fourth-order valence-corrected chi connectivity index (χ4v) is 2.41. The zero-order valence-electron chi connectivity index (χ0n) is 14.7. The van der Waals surface area contributed by atoms with Gasteiger partial charge in [0.15, 0.2) is 0 Å². The Kier molecular flexibility index (Phi) is 5.30. The molecule has 0 spiro atoms. The van der Waals surface area contributed by atoms with Crippen LogP contribution >= 0.6 is 0 Å². The maximum Gasteiger partial charge on any atom is 0.273 e. The maximum atomic E-state index is 12.9. The summed E-state index contributed by atoms with van der Waals surface area (Å²) in [4.78, 5) is 28.0. The van der Waals surface area contributed by atoms with Crippen LogP contribution in [-0.4, -0.2) is 22.0 Å². The molecule has 0 saturated carbocycles. The van der Waals surface area contributed by atoms with Crippen LogP contribution in [0.1, 0.15) is 34.2 Å². The number of hydrogen-bond donors (Lipinski definition) is 2. The second-order valence-corrected chi connectivity index (χ2v) is 5.85. The van der Waals surface area contributed by atoms with Gasteiger partial charge in [0.1, 0.15) is 17.3 Å². The first-order valence-electron chi connectivity index (χ1n) is 8.17. The first kappa shape index (κ1) is 18.3. The van der Waals surface area contributed by atoms with E-state index in [1.54, 1.807) is 19.9 Å². The second kappa shape index (κ2) is 7.81. The Bertz CT molecular complexity index is 962. The molecule has 2 aromatic heterocycles. The topological polar surface area (TPSA) is 110 Å². The highest BCUT2D eigenvalue weighted by Gasteiger charge is 2.15. The van der Waals surface area contributed by atoms with Crippen molar-refractivity contribution < 1.29 is 22.9 Å². The Hall–Kier alpha value is -3.49. The van der Waals surface area contributed by atoms with Crippen LogP contribution in [0.3, 0.4) is 0 Å². The number of carbonyl (C=O) groups excluding carboxylic acids is 2. The highest BCUT2D eigenvalue weighted by molar-refractivity contribution is 5.96. The van der Waals surface area contributed by atoms with Crippen LogP contribution in [0.4, 0.5) is 4.39 Å². The molecule has 0 aliphatic carbocycles. The number of nitrogens with one attached hydrogen (secondary N) is 2. The zero-order chi connectivity index (χ0) is 19.4. The van der Waals surface area contributed by atoms with Gasteiger partial charge in [-0.05, 0) is 44.2 Å². The van der Waals surface area contributed by atoms with Crippen molar-refractivity contribution in [2.75, 3.05) is 0 Å². The van der Waals surface area contributed by atoms with Crippen LogP contribution in [0, 0.1) is 19.7 Å². The summed E-state index contributed by atoms with van der Waals surface area (Å²) < 4.78 is 23.3. The number of rotatable bonds is 5. The summed E-state index contributed by atoms with van der Waals surface area (Å²) in [7, 11) is 0. The molecule has 1 aromatic carbocycles. The molecule has 27 heavy (non-hydrogen) atoms. The van der Waals surface area contributed by atoms with E-state index in [0.29, 0.717) is 28.5 Å². The van der Waals surface area contributed by atoms with Gasteiger partial charge in [0.25, 0.3) is 5.91 Å². The number of hydrogen-bond acceptors (Lipinski definition) is 6. The molecule has 0 aliphatic heterocycles. The van der Waals surface area contributed by atoms with Crippen molar-refractivity contribution in [1.82, 2.24) is 21.0 Å². The second-order valence-electron chi connectivity index (χ2n) is 5.85. The van der Waals surface area contributed by atoms with E-state index in [-0.39, 0.29) is 24.5 Å². The summed E-state index contributed by atoms with van der Waals surface area (Å²) in [5.41, 5.74) is 5.61. The van der Waals surface area contributed by atoms with Crippen molar-refractivity contribution in [3.05, 3.63) is 59.1 Å². The lowest BCUT2D eigenvalue weighted by molar-refractivity contribution is -0.121. The lowest BCUT2D eigenvalue weighted by Crippen LogP contribution is -2.41. The number of halogens is 1. The quantitative estimate of drug-likeness (QED) is 0.666. The van der Waals surface area contributed by atoms with Gasteiger partial charge in [-0.15, -0.1) is 0 Å². The summed E-state index contributed by atoms with van der Waals surface area (Å²) in [6.45, 7) is 3.39. The van der Waals surface area contributed by atoms with Gasteiger partial charge in [-0.1, -0.05) is 5.16 Å². The molecular formula is C18H17FN4O4. The van der Waals surface area contributed by atoms with Crippen LogP contribution in [-0.2, 0) is 11.2 Å². The minimum absolute atomic E-state index is 0.0364. The van der Waals surface area contributed by atoms with Gasteiger partial charge in [-0.2, -0.15) is 4.98 Å². The summed E-state index contributed by atoms with van der Waals surface area (Å²) in [6.07, 6.45) is 0.231. The lowest BCUT2D eigenvalue weighted by atomic mass is 10.2. The monoisotopic (exact) mass is 372 g/mol. The van der Waals surface area contributed by atoms with E-state index < -0.39 is 11.8 Å². The molecule has 0 bridgehead atoms. The Morgan fingerprint density at radius 1 is 1.15 bits per heavy atom. The third-order valence-corrected chi connectivity index (χ3v) is 3.74. The van der Waals surface area contributed by atoms with Gasteiger partial charge in [0.2, 0.25) is 17.6 Å². The molecule has 8 nitrogen and oxygen atoms in total. The Morgan fingerprint density at radius 3 is 2.56 bits per heavy atom. The van der Waals surface area contributed by atoms with E-state index in [4.69, 9.17) is 8.94 Å². The molecule has 0 radical (unpaired) electrons. The molecule has 140 valence electrons. The van der Waals surface area contributed by atoms with E-state index in [1.165, 1.54) is 24.3 Å². The minimum Gasteiger partial charge on any atom is -0.466 e.